The molecular weight excluding hydrogens is 364 g/mol. The Morgan fingerprint density at radius 2 is 1.74 bits per heavy atom. The summed E-state index contributed by atoms with van der Waals surface area (Å²) in [7, 11) is -0.889. The van der Waals surface area contributed by atoms with Gasteiger partial charge in [-0.05, 0) is 40.6 Å². The molecule has 0 unspecified atom stereocenters. The van der Waals surface area contributed by atoms with Gasteiger partial charge in [-0.15, -0.1) is 0 Å². The molecule has 0 saturated heterocycles. The second kappa shape index (κ2) is 7.77. The molecule has 0 bridgehead atoms. The molecule has 3 rings (SSSR count). The van der Waals surface area contributed by atoms with Crippen molar-refractivity contribution in [3.8, 4) is 5.75 Å². The molecule has 0 spiro atoms. The summed E-state index contributed by atoms with van der Waals surface area (Å²) in [6, 6.07) is 17.8. The van der Waals surface area contributed by atoms with E-state index in [-0.39, 0.29) is 17.0 Å². The molecule has 0 atom stereocenters. The van der Waals surface area contributed by atoms with Gasteiger partial charge in [0, 0.05) is 13.6 Å². The monoisotopic (exact) mass is 384 g/mol. The lowest BCUT2D eigenvalue weighted by Crippen LogP contribution is -2.24. The second-order valence-electron chi connectivity index (χ2n) is 5.95. The molecule has 0 radical (unpaired) electrons. The number of ether oxygens (including phenoxy) is 1. The fourth-order valence-corrected chi connectivity index (χ4v) is 3.82. The molecule has 27 heavy (non-hydrogen) atoms. The van der Waals surface area contributed by atoms with Gasteiger partial charge in [0.2, 0.25) is 10.0 Å². The van der Waals surface area contributed by atoms with Gasteiger partial charge in [0.25, 0.3) is 5.91 Å². The molecule has 0 aliphatic carbocycles. The minimum Gasteiger partial charge on any atom is -0.496 e. The summed E-state index contributed by atoms with van der Waals surface area (Å²) in [4.78, 5) is 12.0. The molecule has 140 valence electrons. The summed E-state index contributed by atoms with van der Waals surface area (Å²) in [6.07, 6.45) is 0. The number of nitrogens with one attached hydrogen (secondary N) is 2. The molecule has 3 aromatic rings. The van der Waals surface area contributed by atoms with Crippen molar-refractivity contribution in [3.05, 3.63) is 71.8 Å². The van der Waals surface area contributed by atoms with Crippen molar-refractivity contribution in [3.63, 3.8) is 0 Å². The van der Waals surface area contributed by atoms with Crippen LogP contribution in [0.1, 0.15) is 15.9 Å². The van der Waals surface area contributed by atoms with Gasteiger partial charge in [-0.2, -0.15) is 0 Å². The van der Waals surface area contributed by atoms with Crippen molar-refractivity contribution in [1.82, 2.24) is 10.0 Å². The highest BCUT2D eigenvalue weighted by Gasteiger charge is 2.19. The third kappa shape index (κ3) is 4.10. The van der Waals surface area contributed by atoms with Crippen LogP contribution < -0.4 is 14.8 Å². The van der Waals surface area contributed by atoms with Gasteiger partial charge in [-0.1, -0.05) is 36.4 Å². The molecule has 2 N–H and O–H groups in total. The Morgan fingerprint density at radius 3 is 2.44 bits per heavy atom. The summed E-state index contributed by atoms with van der Waals surface area (Å²) < 4.78 is 33.0. The molecular formula is C20H20N2O4S. The predicted molar refractivity (Wildman–Crippen MR) is 104 cm³/mol. The van der Waals surface area contributed by atoms with Crippen LogP contribution in [0.15, 0.2) is 65.6 Å². The van der Waals surface area contributed by atoms with Crippen LogP contribution in [0.2, 0.25) is 0 Å². The molecule has 0 aliphatic rings. The van der Waals surface area contributed by atoms with E-state index < -0.39 is 15.9 Å². The number of methoxy groups -OCH3 is 1. The molecule has 6 nitrogen and oxygen atoms in total. The highest BCUT2D eigenvalue weighted by atomic mass is 32.2. The maximum absolute atomic E-state index is 12.6. The quantitative estimate of drug-likeness (QED) is 0.684. The first-order chi connectivity index (χ1) is 12.9. The number of benzene rings is 3. The number of sulfonamides is 1. The largest absolute Gasteiger partial charge is 0.496 e. The van der Waals surface area contributed by atoms with E-state index in [4.69, 9.17) is 4.74 Å². The molecule has 0 fully saturated rings. The van der Waals surface area contributed by atoms with Crippen LogP contribution in [-0.2, 0) is 16.6 Å². The van der Waals surface area contributed by atoms with Gasteiger partial charge in [0.05, 0.1) is 17.6 Å². The minimum atomic E-state index is -3.79. The molecule has 1 amide bonds. The van der Waals surface area contributed by atoms with Crippen LogP contribution in [0.5, 0.6) is 5.75 Å². The minimum absolute atomic E-state index is 0.00249. The SMILES string of the molecule is CNC(=O)c1cc(S(=O)(=O)NCc2ccc3ccccc3c2)ccc1OC. The van der Waals surface area contributed by atoms with Crippen molar-refractivity contribution in [2.24, 2.45) is 0 Å². The first-order valence-electron chi connectivity index (χ1n) is 8.32. The van der Waals surface area contributed by atoms with E-state index >= 15 is 0 Å². The third-order valence-corrected chi connectivity index (χ3v) is 5.63. The topological polar surface area (TPSA) is 84.5 Å². The zero-order valence-electron chi connectivity index (χ0n) is 15.0. The Morgan fingerprint density at radius 1 is 1.00 bits per heavy atom. The van der Waals surface area contributed by atoms with Crippen LogP contribution >= 0.6 is 0 Å². The van der Waals surface area contributed by atoms with E-state index in [0.717, 1.165) is 16.3 Å². The molecule has 0 aliphatic heterocycles. The van der Waals surface area contributed by atoms with Crippen LogP contribution in [0, 0.1) is 0 Å². The lowest BCUT2D eigenvalue weighted by molar-refractivity contribution is 0.0960. The van der Waals surface area contributed by atoms with Gasteiger partial charge >= 0.3 is 0 Å². The zero-order valence-corrected chi connectivity index (χ0v) is 15.8. The fourth-order valence-electron chi connectivity index (χ4n) is 2.78. The number of hydrogen-bond acceptors (Lipinski definition) is 4. The maximum Gasteiger partial charge on any atom is 0.254 e. The molecule has 0 aromatic heterocycles. The van der Waals surface area contributed by atoms with Crippen molar-refractivity contribution in [2.45, 2.75) is 11.4 Å². The smallest absolute Gasteiger partial charge is 0.254 e. The van der Waals surface area contributed by atoms with Gasteiger partial charge in [-0.25, -0.2) is 13.1 Å². The standard InChI is InChI=1S/C20H20N2O4S/c1-21-20(23)18-12-17(9-10-19(18)26-2)27(24,25)22-13-14-7-8-15-5-3-4-6-16(15)11-14/h3-12,22H,13H2,1-2H3,(H,21,23). The first-order valence-corrected chi connectivity index (χ1v) is 9.80. The van der Waals surface area contributed by atoms with E-state index in [1.54, 1.807) is 0 Å². The number of carbonyl (C=O) groups excluding carboxylic acids is 1. The van der Waals surface area contributed by atoms with Crippen LogP contribution in [0.3, 0.4) is 0 Å². The summed E-state index contributed by atoms with van der Waals surface area (Å²) in [6.45, 7) is 0.147. The number of hydrogen-bond donors (Lipinski definition) is 2. The van der Waals surface area contributed by atoms with Gasteiger partial charge in [0.1, 0.15) is 5.75 Å². The summed E-state index contributed by atoms with van der Waals surface area (Å²) in [5.74, 6) is -0.110. The van der Waals surface area contributed by atoms with Gasteiger partial charge < -0.3 is 10.1 Å². The molecule has 0 saturated carbocycles. The number of amides is 1. The van der Waals surface area contributed by atoms with Gasteiger partial charge in [-0.3, -0.25) is 4.79 Å². The van der Waals surface area contributed by atoms with Crippen LogP contribution in [0.25, 0.3) is 10.8 Å². The van der Waals surface area contributed by atoms with Crippen molar-refractivity contribution in [1.29, 1.82) is 0 Å². The Balaban J connectivity index is 1.84. The van der Waals surface area contributed by atoms with Crippen molar-refractivity contribution >= 4 is 26.7 Å². The third-order valence-electron chi connectivity index (χ3n) is 4.23. The van der Waals surface area contributed by atoms with E-state index in [1.807, 2.05) is 42.5 Å². The van der Waals surface area contributed by atoms with Crippen molar-refractivity contribution < 1.29 is 17.9 Å². The van der Waals surface area contributed by atoms with E-state index in [0.29, 0.717) is 5.75 Å². The average molecular weight is 384 g/mol. The Hall–Kier alpha value is -2.90. The van der Waals surface area contributed by atoms with E-state index in [2.05, 4.69) is 10.0 Å². The van der Waals surface area contributed by atoms with Crippen LogP contribution in [-0.4, -0.2) is 28.5 Å². The maximum atomic E-state index is 12.6. The zero-order chi connectivity index (χ0) is 19.4. The Bertz CT molecular complexity index is 1090. The summed E-state index contributed by atoms with van der Waals surface area (Å²) >= 11 is 0. The Kier molecular flexibility index (Phi) is 5.43. The predicted octanol–water partition coefficient (Wildman–Crippen LogP) is 2.69. The second-order valence-corrected chi connectivity index (χ2v) is 7.71. The molecule has 7 heteroatoms. The van der Waals surface area contributed by atoms with Crippen LogP contribution in [0.4, 0.5) is 0 Å². The lowest BCUT2D eigenvalue weighted by atomic mass is 10.1. The lowest BCUT2D eigenvalue weighted by Gasteiger charge is -2.11. The normalized spacial score (nSPS) is 11.3. The summed E-state index contributed by atoms with van der Waals surface area (Å²) in [5, 5.41) is 4.61. The number of carbonyl (C=O) groups is 1. The fraction of sp³-hybridized carbons (Fsp3) is 0.150. The molecule has 3 aromatic carbocycles. The highest BCUT2D eigenvalue weighted by molar-refractivity contribution is 7.89. The summed E-state index contributed by atoms with van der Waals surface area (Å²) in [5.41, 5.74) is 1.01. The molecule has 0 heterocycles. The Labute approximate surface area is 158 Å². The average Bonchev–Trinajstić information content (AvgIpc) is 2.71. The first kappa shape index (κ1) is 18.9. The number of fused-ring (bicyclic) bond motifs is 1. The van der Waals surface area contributed by atoms with E-state index in [9.17, 15) is 13.2 Å². The van der Waals surface area contributed by atoms with Gasteiger partial charge in [0.15, 0.2) is 0 Å². The number of rotatable bonds is 6. The van der Waals surface area contributed by atoms with Crippen molar-refractivity contribution in [2.75, 3.05) is 14.2 Å². The van der Waals surface area contributed by atoms with E-state index in [1.165, 1.54) is 32.4 Å². The highest BCUT2D eigenvalue weighted by Crippen LogP contribution is 2.23.